The van der Waals surface area contributed by atoms with Crippen molar-refractivity contribution in [2.24, 2.45) is 0 Å². The quantitative estimate of drug-likeness (QED) is 0.685. The zero-order chi connectivity index (χ0) is 19.0. The highest BCUT2D eigenvalue weighted by Gasteiger charge is 2.25. The standard InChI is InChI=1S/C18H13N3O5S/c1-24-13-4-9(7-20-17(13)25-2)12-8-19-6-10-3-11(26-15(10)12)5-14-16(22)21-18(23)27-14/h3-8H,1-2H3,(H,21,22,23). The molecule has 8 nitrogen and oxygen atoms in total. The van der Waals surface area contributed by atoms with E-state index in [9.17, 15) is 9.59 Å². The molecule has 9 heteroatoms. The van der Waals surface area contributed by atoms with Gasteiger partial charge in [-0.05, 0) is 23.9 Å². The van der Waals surface area contributed by atoms with Gasteiger partial charge >= 0.3 is 0 Å². The van der Waals surface area contributed by atoms with Gasteiger partial charge in [-0.25, -0.2) is 4.98 Å². The molecule has 1 aliphatic rings. The monoisotopic (exact) mass is 383 g/mol. The first-order valence-electron chi connectivity index (χ1n) is 7.80. The lowest BCUT2D eigenvalue weighted by atomic mass is 10.1. The van der Waals surface area contributed by atoms with Crippen molar-refractivity contribution < 1.29 is 23.5 Å². The van der Waals surface area contributed by atoms with E-state index in [0.717, 1.165) is 22.7 Å². The van der Waals surface area contributed by atoms with Crippen LogP contribution in [0.4, 0.5) is 4.79 Å². The van der Waals surface area contributed by atoms with Crippen LogP contribution < -0.4 is 14.8 Å². The Morgan fingerprint density at radius 3 is 2.70 bits per heavy atom. The molecule has 0 atom stereocenters. The van der Waals surface area contributed by atoms with E-state index in [4.69, 9.17) is 13.9 Å². The summed E-state index contributed by atoms with van der Waals surface area (Å²) in [6, 6.07) is 3.53. The van der Waals surface area contributed by atoms with Crippen molar-refractivity contribution in [3.05, 3.63) is 41.4 Å². The van der Waals surface area contributed by atoms with Gasteiger partial charge in [-0.1, -0.05) is 0 Å². The first-order chi connectivity index (χ1) is 13.1. The Labute approximate surface area is 157 Å². The zero-order valence-electron chi connectivity index (χ0n) is 14.3. The third-order valence-corrected chi connectivity index (χ3v) is 4.71. The van der Waals surface area contributed by atoms with Gasteiger partial charge < -0.3 is 13.9 Å². The summed E-state index contributed by atoms with van der Waals surface area (Å²) in [6.07, 6.45) is 6.48. The maximum Gasteiger partial charge on any atom is 0.290 e. The fourth-order valence-electron chi connectivity index (χ4n) is 2.69. The van der Waals surface area contributed by atoms with E-state index in [1.165, 1.54) is 20.3 Å². The maximum atomic E-state index is 11.7. The van der Waals surface area contributed by atoms with Crippen molar-refractivity contribution >= 4 is 40.0 Å². The van der Waals surface area contributed by atoms with Crippen molar-refractivity contribution in [3.63, 3.8) is 0 Å². The third kappa shape index (κ3) is 3.13. The number of fused-ring (bicyclic) bond motifs is 1. The first kappa shape index (κ1) is 17.1. The molecule has 4 heterocycles. The second-order valence-electron chi connectivity index (χ2n) is 5.54. The van der Waals surface area contributed by atoms with E-state index in [1.807, 2.05) is 0 Å². The molecule has 1 saturated heterocycles. The number of carbonyl (C=O) groups excluding carboxylic acids is 2. The van der Waals surface area contributed by atoms with Crippen molar-refractivity contribution in [2.45, 2.75) is 0 Å². The summed E-state index contributed by atoms with van der Waals surface area (Å²) in [4.78, 5) is 31.8. The van der Waals surface area contributed by atoms with Gasteiger partial charge in [0.25, 0.3) is 17.0 Å². The SMILES string of the molecule is COc1cc(-c2cncc3cc(C=C4SC(=O)NC4=O)oc23)cnc1OC. The number of thioether (sulfide) groups is 1. The van der Waals surface area contributed by atoms with Crippen LogP contribution in [0.3, 0.4) is 0 Å². The Morgan fingerprint density at radius 1 is 1.15 bits per heavy atom. The smallest absolute Gasteiger partial charge is 0.290 e. The van der Waals surface area contributed by atoms with Crippen LogP contribution in [0.15, 0.2) is 40.0 Å². The van der Waals surface area contributed by atoms with E-state index in [0.29, 0.717) is 28.5 Å². The molecule has 1 N–H and O–H groups in total. The number of furan rings is 1. The van der Waals surface area contributed by atoms with E-state index in [1.54, 1.807) is 30.7 Å². The minimum Gasteiger partial charge on any atom is -0.491 e. The van der Waals surface area contributed by atoms with Crippen LogP contribution in [0.5, 0.6) is 11.6 Å². The number of ether oxygens (including phenoxy) is 2. The van der Waals surface area contributed by atoms with Gasteiger partial charge in [-0.2, -0.15) is 0 Å². The molecule has 1 aliphatic heterocycles. The van der Waals surface area contributed by atoms with Crippen LogP contribution in [-0.2, 0) is 4.79 Å². The Morgan fingerprint density at radius 2 is 2.00 bits per heavy atom. The highest BCUT2D eigenvalue weighted by molar-refractivity contribution is 8.18. The third-order valence-electron chi connectivity index (χ3n) is 3.90. The normalized spacial score (nSPS) is 15.4. The van der Waals surface area contributed by atoms with E-state index >= 15 is 0 Å². The van der Waals surface area contributed by atoms with Gasteiger partial charge in [-0.3, -0.25) is 19.9 Å². The van der Waals surface area contributed by atoms with Crippen molar-refractivity contribution in [1.29, 1.82) is 0 Å². The average Bonchev–Trinajstić information content (AvgIpc) is 3.22. The van der Waals surface area contributed by atoms with Crippen molar-refractivity contribution in [3.8, 4) is 22.8 Å². The summed E-state index contributed by atoms with van der Waals surface area (Å²) in [7, 11) is 3.05. The van der Waals surface area contributed by atoms with E-state index in [-0.39, 0.29) is 4.91 Å². The fraction of sp³-hybridized carbons (Fsp3) is 0.111. The highest BCUT2D eigenvalue weighted by atomic mass is 32.2. The topological polar surface area (TPSA) is 104 Å². The molecular formula is C18H13N3O5S. The molecule has 0 bridgehead atoms. The average molecular weight is 383 g/mol. The molecule has 0 aliphatic carbocycles. The highest BCUT2D eigenvalue weighted by Crippen LogP contribution is 2.35. The fourth-order valence-corrected chi connectivity index (χ4v) is 3.35. The minimum absolute atomic E-state index is 0.279. The zero-order valence-corrected chi connectivity index (χ0v) is 15.1. The molecule has 4 rings (SSSR count). The predicted octanol–water partition coefficient (Wildman–Crippen LogP) is 3.23. The second kappa shape index (κ2) is 6.76. The number of hydrogen-bond donors (Lipinski definition) is 1. The summed E-state index contributed by atoms with van der Waals surface area (Å²) >= 11 is 0.833. The molecule has 0 aromatic carbocycles. The van der Waals surface area contributed by atoms with Crippen molar-refractivity contribution in [2.75, 3.05) is 14.2 Å². The molecule has 3 aromatic heterocycles. The number of pyridine rings is 2. The molecule has 2 amide bonds. The van der Waals surface area contributed by atoms with E-state index in [2.05, 4.69) is 15.3 Å². The van der Waals surface area contributed by atoms with Crippen LogP contribution in [0.1, 0.15) is 5.76 Å². The lowest BCUT2D eigenvalue weighted by Gasteiger charge is -2.08. The van der Waals surface area contributed by atoms with Gasteiger partial charge in [0.2, 0.25) is 0 Å². The van der Waals surface area contributed by atoms with Crippen LogP contribution in [0.25, 0.3) is 28.2 Å². The Balaban J connectivity index is 1.79. The molecule has 0 radical (unpaired) electrons. The minimum atomic E-state index is -0.437. The second-order valence-corrected chi connectivity index (χ2v) is 6.56. The van der Waals surface area contributed by atoms with Gasteiger partial charge in [0.1, 0.15) is 11.3 Å². The summed E-state index contributed by atoms with van der Waals surface area (Å²) in [5.41, 5.74) is 2.04. The molecule has 136 valence electrons. The molecule has 3 aromatic rings. The van der Waals surface area contributed by atoms with Crippen LogP contribution in [-0.4, -0.2) is 35.3 Å². The predicted molar refractivity (Wildman–Crippen MR) is 99.5 cm³/mol. The Hall–Kier alpha value is -3.33. The number of imide groups is 1. The number of nitrogens with one attached hydrogen (secondary N) is 1. The lowest BCUT2D eigenvalue weighted by molar-refractivity contribution is -0.115. The summed E-state index contributed by atoms with van der Waals surface area (Å²) in [5.74, 6) is 0.867. The van der Waals surface area contributed by atoms with E-state index < -0.39 is 11.1 Å². The lowest BCUT2D eigenvalue weighted by Crippen LogP contribution is -2.17. The Bertz CT molecular complexity index is 1110. The molecule has 0 spiro atoms. The van der Waals surface area contributed by atoms with Crippen LogP contribution in [0, 0.1) is 0 Å². The van der Waals surface area contributed by atoms with Crippen LogP contribution >= 0.6 is 11.8 Å². The number of nitrogens with zero attached hydrogens (tertiary/aromatic N) is 2. The number of rotatable bonds is 4. The number of hydrogen-bond acceptors (Lipinski definition) is 8. The number of amides is 2. The van der Waals surface area contributed by atoms with Gasteiger partial charge in [0.15, 0.2) is 5.75 Å². The summed E-state index contributed by atoms with van der Waals surface area (Å²) < 4.78 is 16.4. The number of methoxy groups -OCH3 is 2. The Kier molecular flexibility index (Phi) is 4.28. The first-order valence-corrected chi connectivity index (χ1v) is 8.61. The summed E-state index contributed by atoms with van der Waals surface area (Å²) in [6.45, 7) is 0. The van der Waals surface area contributed by atoms with Gasteiger partial charge in [0.05, 0.1) is 19.1 Å². The molecule has 0 saturated carbocycles. The molecule has 27 heavy (non-hydrogen) atoms. The van der Waals surface area contributed by atoms with Crippen molar-refractivity contribution in [1.82, 2.24) is 15.3 Å². The van der Waals surface area contributed by atoms with Gasteiger partial charge in [0, 0.05) is 41.2 Å². The largest absolute Gasteiger partial charge is 0.491 e. The van der Waals surface area contributed by atoms with Gasteiger partial charge in [-0.15, -0.1) is 0 Å². The molecule has 1 fully saturated rings. The summed E-state index contributed by atoms with van der Waals surface area (Å²) in [5, 5.41) is 2.56. The number of aromatic nitrogens is 2. The maximum absolute atomic E-state index is 11.7. The van der Waals surface area contributed by atoms with Crippen LogP contribution in [0.2, 0.25) is 0 Å². The number of carbonyl (C=O) groups is 2. The molecular weight excluding hydrogens is 370 g/mol. The molecule has 0 unspecified atom stereocenters.